The van der Waals surface area contributed by atoms with E-state index in [0.717, 1.165) is 12.0 Å². The van der Waals surface area contributed by atoms with E-state index in [0.29, 0.717) is 32.7 Å². The zero-order valence-corrected chi connectivity index (χ0v) is 24.6. The van der Waals surface area contributed by atoms with Crippen LogP contribution in [-0.2, 0) is 15.8 Å². The molecule has 0 heterocycles. The Bertz CT molecular complexity index is 997. The molecule has 0 aliphatic carbocycles. The van der Waals surface area contributed by atoms with Crippen LogP contribution in [0.2, 0.25) is 5.04 Å². The van der Waals surface area contributed by atoms with E-state index in [1.165, 1.54) is 10.4 Å². The van der Waals surface area contributed by atoms with Crippen LogP contribution in [0, 0.1) is 11.8 Å². The highest BCUT2D eigenvalue weighted by molar-refractivity contribution is 6.99. The lowest BCUT2D eigenvalue weighted by atomic mass is 9.90. The summed E-state index contributed by atoms with van der Waals surface area (Å²) in [5.41, 5.74) is 1.15. The fourth-order valence-corrected chi connectivity index (χ4v) is 9.95. The maximum atomic E-state index is 11.2. The van der Waals surface area contributed by atoms with Crippen molar-refractivity contribution in [2.24, 2.45) is 11.8 Å². The van der Waals surface area contributed by atoms with Crippen molar-refractivity contribution in [1.29, 1.82) is 0 Å². The Balaban J connectivity index is 1.66. The lowest BCUT2D eigenvalue weighted by Crippen LogP contribution is -2.67. The van der Waals surface area contributed by atoms with Crippen LogP contribution in [0.4, 0.5) is 0 Å². The highest BCUT2D eigenvalue weighted by Gasteiger charge is 2.50. The molecular weight excluding hydrogens is 488 g/mol. The summed E-state index contributed by atoms with van der Waals surface area (Å²) in [7, 11) is -2.64. The second-order valence-electron chi connectivity index (χ2n) is 11.5. The van der Waals surface area contributed by atoms with Gasteiger partial charge < -0.3 is 19.4 Å². The summed E-state index contributed by atoms with van der Waals surface area (Å²) in [6, 6.07) is 31.4. The Morgan fingerprint density at radius 2 is 1.32 bits per heavy atom. The first-order valence-electron chi connectivity index (χ1n) is 13.9. The highest BCUT2D eigenvalue weighted by atomic mass is 28.4. The molecule has 0 aliphatic heterocycles. The minimum absolute atomic E-state index is 0.0388. The first-order chi connectivity index (χ1) is 18.3. The highest BCUT2D eigenvalue weighted by Crippen LogP contribution is 2.37. The maximum absolute atomic E-state index is 11.2. The molecule has 0 bridgehead atoms. The van der Waals surface area contributed by atoms with E-state index in [-0.39, 0.29) is 23.5 Å². The summed E-state index contributed by atoms with van der Waals surface area (Å²) >= 11 is 0. The molecule has 206 valence electrons. The molecule has 3 rings (SSSR count). The Labute approximate surface area is 230 Å². The number of benzene rings is 3. The Morgan fingerprint density at radius 3 is 1.82 bits per heavy atom. The van der Waals surface area contributed by atoms with E-state index in [4.69, 9.17) is 9.16 Å². The average Bonchev–Trinajstić information content (AvgIpc) is 2.92. The normalized spacial score (nSPS) is 14.7. The molecule has 3 aromatic carbocycles. The molecule has 0 saturated carbocycles. The molecular formula is C33H46O4Si. The second kappa shape index (κ2) is 14.8. The van der Waals surface area contributed by atoms with Gasteiger partial charge in [-0.3, -0.25) is 0 Å². The summed E-state index contributed by atoms with van der Waals surface area (Å²) < 4.78 is 12.9. The minimum atomic E-state index is -2.64. The van der Waals surface area contributed by atoms with E-state index in [1.807, 2.05) is 30.3 Å². The number of hydrogen-bond acceptors (Lipinski definition) is 4. The van der Waals surface area contributed by atoms with Gasteiger partial charge in [0.1, 0.15) is 0 Å². The molecule has 0 aromatic heterocycles. The minimum Gasteiger partial charge on any atom is -0.407 e. The van der Waals surface area contributed by atoms with E-state index in [9.17, 15) is 10.2 Å². The van der Waals surface area contributed by atoms with Crippen molar-refractivity contribution < 1.29 is 19.4 Å². The van der Waals surface area contributed by atoms with Gasteiger partial charge in [0.2, 0.25) is 0 Å². The second-order valence-corrected chi connectivity index (χ2v) is 15.8. The molecule has 0 fully saturated rings. The van der Waals surface area contributed by atoms with Gasteiger partial charge >= 0.3 is 0 Å². The predicted molar refractivity (Wildman–Crippen MR) is 159 cm³/mol. The molecule has 0 spiro atoms. The van der Waals surface area contributed by atoms with Crippen LogP contribution in [0.5, 0.6) is 0 Å². The van der Waals surface area contributed by atoms with E-state index < -0.39 is 14.4 Å². The molecule has 3 aromatic rings. The van der Waals surface area contributed by atoms with E-state index >= 15 is 0 Å². The van der Waals surface area contributed by atoms with Gasteiger partial charge in [-0.1, -0.05) is 119 Å². The third-order valence-corrected chi connectivity index (χ3v) is 12.5. The van der Waals surface area contributed by atoms with Gasteiger partial charge in [0.15, 0.2) is 0 Å². The average molecular weight is 535 g/mol. The molecule has 0 radical (unpaired) electrons. The lowest BCUT2D eigenvalue weighted by molar-refractivity contribution is 0.0449. The van der Waals surface area contributed by atoms with Crippen LogP contribution in [0.1, 0.15) is 52.5 Å². The van der Waals surface area contributed by atoms with Crippen molar-refractivity contribution in [2.75, 3.05) is 19.8 Å². The van der Waals surface area contributed by atoms with Gasteiger partial charge in [-0.25, -0.2) is 0 Å². The zero-order chi connectivity index (χ0) is 27.4. The number of ether oxygens (including phenoxy) is 1. The van der Waals surface area contributed by atoms with Crippen LogP contribution in [0.15, 0.2) is 91.0 Å². The molecule has 5 heteroatoms. The number of hydrogen-bond donors (Lipinski definition) is 2. The first kappa shape index (κ1) is 30.3. The number of aliphatic hydroxyl groups excluding tert-OH is 2. The van der Waals surface area contributed by atoms with Gasteiger partial charge in [0.25, 0.3) is 8.32 Å². The fourth-order valence-electron chi connectivity index (χ4n) is 5.28. The molecule has 2 N–H and O–H groups in total. The first-order valence-corrected chi connectivity index (χ1v) is 15.8. The number of aliphatic hydroxyl groups is 2. The molecule has 38 heavy (non-hydrogen) atoms. The van der Waals surface area contributed by atoms with Crippen molar-refractivity contribution in [2.45, 2.75) is 64.7 Å². The van der Waals surface area contributed by atoms with Gasteiger partial charge in [-0.05, 0) is 46.2 Å². The van der Waals surface area contributed by atoms with E-state index in [1.54, 1.807) is 0 Å². The van der Waals surface area contributed by atoms with Gasteiger partial charge in [0, 0.05) is 25.7 Å². The van der Waals surface area contributed by atoms with Crippen molar-refractivity contribution in [3.63, 3.8) is 0 Å². The molecule has 0 amide bonds. The van der Waals surface area contributed by atoms with Crippen LogP contribution < -0.4 is 10.4 Å². The van der Waals surface area contributed by atoms with Gasteiger partial charge in [0.05, 0.1) is 12.7 Å². The van der Waals surface area contributed by atoms with Crippen LogP contribution >= 0.6 is 0 Å². The van der Waals surface area contributed by atoms with Gasteiger partial charge in [-0.2, -0.15) is 0 Å². The zero-order valence-electron chi connectivity index (χ0n) is 23.6. The molecule has 0 aliphatic rings. The standard InChI is InChI=1S/C33H46O4Si/c1-27(32(35)24-28(20-22-34)21-23-36-26-29-14-8-5-9-15-29)25-37-38(33(2,3)4,30-16-10-6-11-17-30)31-18-12-7-13-19-31/h5-19,27-28,32,34-35H,20-26H2,1-4H3/t27-,28-,32-/m1/s1. The molecule has 3 atom stereocenters. The third-order valence-electron chi connectivity index (χ3n) is 7.53. The van der Waals surface area contributed by atoms with Crippen molar-refractivity contribution in [1.82, 2.24) is 0 Å². The molecule has 0 unspecified atom stereocenters. The van der Waals surface area contributed by atoms with Crippen molar-refractivity contribution in [3.8, 4) is 0 Å². The Kier molecular flexibility index (Phi) is 11.8. The summed E-state index contributed by atoms with van der Waals surface area (Å²) in [5.74, 6) is 0.157. The SMILES string of the molecule is C[C@H](CO[Si](c1ccccc1)(c1ccccc1)C(C)(C)C)[C@H](O)C[C@H](CCO)CCOCc1ccccc1. The maximum Gasteiger partial charge on any atom is 0.261 e. The Hall–Kier alpha value is -2.28. The Morgan fingerprint density at radius 1 is 0.789 bits per heavy atom. The summed E-state index contributed by atoms with van der Waals surface area (Å²) in [6.07, 6.45) is 1.58. The predicted octanol–water partition coefficient (Wildman–Crippen LogP) is 5.56. The third kappa shape index (κ3) is 8.11. The molecule has 4 nitrogen and oxygen atoms in total. The quantitative estimate of drug-likeness (QED) is 0.198. The fraction of sp³-hybridized carbons (Fsp3) is 0.455. The van der Waals surface area contributed by atoms with Crippen molar-refractivity contribution >= 4 is 18.7 Å². The summed E-state index contributed by atoms with van der Waals surface area (Å²) in [6.45, 7) is 10.7. The monoisotopic (exact) mass is 534 g/mol. The summed E-state index contributed by atoms with van der Waals surface area (Å²) in [4.78, 5) is 0. The van der Waals surface area contributed by atoms with E-state index in [2.05, 4.69) is 88.4 Å². The smallest absolute Gasteiger partial charge is 0.261 e. The topological polar surface area (TPSA) is 58.9 Å². The number of rotatable bonds is 15. The largest absolute Gasteiger partial charge is 0.407 e. The van der Waals surface area contributed by atoms with Crippen molar-refractivity contribution in [3.05, 3.63) is 96.6 Å². The van der Waals surface area contributed by atoms with Crippen LogP contribution in [0.3, 0.4) is 0 Å². The van der Waals surface area contributed by atoms with Crippen LogP contribution in [-0.4, -0.2) is 44.5 Å². The molecule has 0 saturated heterocycles. The van der Waals surface area contributed by atoms with Crippen LogP contribution in [0.25, 0.3) is 0 Å². The lowest BCUT2D eigenvalue weighted by Gasteiger charge is -2.44. The van der Waals surface area contributed by atoms with Gasteiger partial charge in [-0.15, -0.1) is 0 Å². The summed E-state index contributed by atoms with van der Waals surface area (Å²) in [5, 5.41) is 23.2.